The van der Waals surface area contributed by atoms with E-state index in [1.807, 2.05) is 17.7 Å². The summed E-state index contributed by atoms with van der Waals surface area (Å²) >= 11 is 3.17. The zero-order chi connectivity index (χ0) is 16.9. The number of ether oxygens (including phenoxy) is 1. The van der Waals surface area contributed by atoms with Gasteiger partial charge < -0.3 is 13.8 Å². The Labute approximate surface area is 147 Å². The fourth-order valence-electron chi connectivity index (χ4n) is 2.25. The van der Waals surface area contributed by atoms with Crippen LogP contribution in [0.2, 0.25) is 0 Å². The molecule has 0 saturated carbocycles. The molecule has 6 nitrogen and oxygen atoms in total. The number of rotatable bonds is 6. The first-order chi connectivity index (χ1) is 11.7. The Morgan fingerprint density at radius 3 is 3.04 bits per heavy atom. The molecule has 2 heterocycles. The van der Waals surface area contributed by atoms with Crippen molar-refractivity contribution in [1.82, 2.24) is 9.72 Å². The second-order valence-corrected chi connectivity index (χ2v) is 6.75. The highest BCUT2D eigenvalue weighted by atomic mass is 32.2. The van der Waals surface area contributed by atoms with Crippen molar-refractivity contribution in [2.24, 2.45) is 4.99 Å². The molecule has 8 heteroatoms. The molecule has 0 spiro atoms. The van der Waals surface area contributed by atoms with Gasteiger partial charge in [0.05, 0.1) is 23.0 Å². The third kappa shape index (κ3) is 3.61. The summed E-state index contributed by atoms with van der Waals surface area (Å²) in [6, 6.07) is 7.75. The number of hydrogen-bond donors (Lipinski definition) is 0. The van der Waals surface area contributed by atoms with Gasteiger partial charge in [0.1, 0.15) is 0 Å². The molecule has 126 valence electrons. The highest BCUT2D eigenvalue weighted by Crippen LogP contribution is 2.24. The predicted octanol–water partition coefficient (Wildman–Crippen LogP) is 3.19. The molecule has 1 aromatic carbocycles. The van der Waals surface area contributed by atoms with Crippen LogP contribution in [0.4, 0.5) is 0 Å². The topological polar surface area (TPSA) is 69.6 Å². The van der Waals surface area contributed by atoms with E-state index in [0.29, 0.717) is 24.6 Å². The van der Waals surface area contributed by atoms with Gasteiger partial charge in [-0.2, -0.15) is 4.99 Å². The predicted molar refractivity (Wildman–Crippen MR) is 94.5 cm³/mol. The first-order valence-electron chi connectivity index (χ1n) is 7.47. The van der Waals surface area contributed by atoms with Crippen molar-refractivity contribution >= 4 is 39.2 Å². The van der Waals surface area contributed by atoms with Gasteiger partial charge in [-0.25, -0.2) is 0 Å². The number of amides is 1. The highest BCUT2D eigenvalue weighted by Gasteiger charge is 2.12. The van der Waals surface area contributed by atoms with Crippen LogP contribution in [0.1, 0.15) is 17.5 Å². The smallest absolute Gasteiger partial charge is 0.318 e. The van der Waals surface area contributed by atoms with Crippen LogP contribution in [0.25, 0.3) is 10.2 Å². The Kier molecular flexibility index (Phi) is 5.49. The summed E-state index contributed by atoms with van der Waals surface area (Å²) < 4.78 is 13.4. The molecule has 0 saturated heterocycles. The average Bonchev–Trinajstić information content (AvgIpc) is 3.23. The van der Waals surface area contributed by atoms with Crippen LogP contribution in [0, 0.1) is 0 Å². The van der Waals surface area contributed by atoms with E-state index in [1.54, 1.807) is 11.8 Å². The molecule has 0 aliphatic rings. The summed E-state index contributed by atoms with van der Waals surface area (Å²) in [4.78, 5) is 18.2. The lowest BCUT2D eigenvalue weighted by atomic mass is 10.3. The number of fused-ring (bicyclic) bond motifs is 1. The van der Waals surface area contributed by atoms with Crippen molar-refractivity contribution in [3.05, 3.63) is 41.0 Å². The van der Waals surface area contributed by atoms with E-state index in [-0.39, 0.29) is 5.76 Å². The molecule has 1 amide bonds. The number of benzene rings is 1. The van der Waals surface area contributed by atoms with Crippen LogP contribution in [0.15, 0.2) is 44.9 Å². The first-order valence-corrected chi connectivity index (χ1v) is 9.52. The lowest BCUT2D eigenvalue weighted by Gasteiger charge is -2.05. The molecular weight excluding hydrogens is 346 g/mol. The molecule has 0 atom stereocenters. The van der Waals surface area contributed by atoms with Crippen LogP contribution in [0.5, 0.6) is 0 Å². The fourth-order valence-corrected chi connectivity index (χ4v) is 3.86. The quantitative estimate of drug-likeness (QED) is 0.497. The van der Waals surface area contributed by atoms with Crippen molar-refractivity contribution < 1.29 is 14.1 Å². The molecule has 0 fully saturated rings. The summed E-state index contributed by atoms with van der Waals surface area (Å²) in [5.74, 6) is -0.303. The second-order valence-electron chi connectivity index (χ2n) is 4.86. The molecule has 2 aromatic heterocycles. The summed E-state index contributed by atoms with van der Waals surface area (Å²) in [5.41, 5.74) is 1.04. The number of carbonyl (C=O) groups excluding carboxylic acids is 1. The van der Waals surface area contributed by atoms with Gasteiger partial charge in [0.2, 0.25) is 5.76 Å². The Bertz CT molecular complexity index is 897. The van der Waals surface area contributed by atoms with E-state index in [1.165, 1.54) is 28.5 Å². The third-order valence-electron chi connectivity index (χ3n) is 3.40. The third-order valence-corrected chi connectivity index (χ3v) is 5.17. The minimum atomic E-state index is -0.436. The fraction of sp³-hybridized carbons (Fsp3) is 0.312. The Morgan fingerprint density at radius 1 is 1.46 bits per heavy atom. The number of thiazole rings is 1. The summed E-state index contributed by atoms with van der Waals surface area (Å²) in [5, 5.41) is 3.55. The Balaban J connectivity index is 2.06. The van der Waals surface area contributed by atoms with Crippen molar-refractivity contribution in [1.29, 1.82) is 0 Å². The second kappa shape index (κ2) is 7.78. The highest BCUT2D eigenvalue weighted by molar-refractivity contribution is 7.98. The molecule has 3 aromatic rings. The van der Waals surface area contributed by atoms with Gasteiger partial charge in [0.25, 0.3) is 0 Å². The van der Waals surface area contributed by atoms with Crippen LogP contribution < -0.4 is 4.80 Å². The molecule has 24 heavy (non-hydrogen) atoms. The van der Waals surface area contributed by atoms with Crippen LogP contribution >= 0.6 is 23.1 Å². The largest absolute Gasteiger partial charge is 0.380 e. The van der Waals surface area contributed by atoms with Gasteiger partial charge in [-0.05, 0) is 31.4 Å². The maximum absolute atomic E-state index is 12.2. The van der Waals surface area contributed by atoms with E-state index >= 15 is 0 Å². The minimum absolute atomic E-state index is 0.133. The van der Waals surface area contributed by atoms with Crippen molar-refractivity contribution in [2.45, 2.75) is 18.4 Å². The SMILES string of the molecule is CCOCCn1c(=NC(=O)c2ccno2)sc2cc(SC)ccc21. The maximum atomic E-state index is 12.2. The van der Waals surface area contributed by atoms with E-state index in [2.05, 4.69) is 28.3 Å². The average molecular weight is 363 g/mol. The molecule has 0 unspecified atom stereocenters. The molecule has 0 aliphatic heterocycles. The van der Waals surface area contributed by atoms with Crippen molar-refractivity contribution in [3.63, 3.8) is 0 Å². The lowest BCUT2D eigenvalue weighted by molar-refractivity contribution is 0.0961. The molecule has 0 radical (unpaired) electrons. The number of nitrogens with zero attached hydrogens (tertiary/aromatic N) is 3. The first kappa shape index (κ1) is 16.9. The van der Waals surface area contributed by atoms with Crippen molar-refractivity contribution in [3.8, 4) is 0 Å². The van der Waals surface area contributed by atoms with Gasteiger partial charge in [-0.15, -0.1) is 11.8 Å². The number of carbonyl (C=O) groups is 1. The Hall–Kier alpha value is -1.90. The zero-order valence-corrected chi connectivity index (χ0v) is 15.0. The van der Waals surface area contributed by atoms with Crippen LogP contribution in [0.3, 0.4) is 0 Å². The monoisotopic (exact) mass is 363 g/mol. The molecule has 0 N–H and O–H groups in total. The summed E-state index contributed by atoms with van der Waals surface area (Å²) in [7, 11) is 0. The van der Waals surface area contributed by atoms with Crippen LogP contribution in [-0.2, 0) is 11.3 Å². The van der Waals surface area contributed by atoms with Gasteiger partial charge in [0, 0.05) is 24.1 Å². The number of aromatic nitrogens is 2. The number of hydrogen-bond acceptors (Lipinski definition) is 6. The Morgan fingerprint density at radius 2 is 2.33 bits per heavy atom. The van der Waals surface area contributed by atoms with E-state index < -0.39 is 5.91 Å². The summed E-state index contributed by atoms with van der Waals surface area (Å²) in [6.07, 6.45) is 3.47. The van der Waals surface area contributed by atoms with Gasteiger partial charge >= 0.3 is 5.91 Å². The zero-order valence-electron chi connectivity index (χ0n) is 13.4. The van der Waals surface area contributed by atoms with E-state index in [0.717, 1.165) is 10.2 Å². The summed E-state index contributed by atoms with van der Waals surface area (Å²) in [6.45, 7) is 3.81. The van der Waals surface area contributed by atoms with E-state index in [9.17, 15) is 4.79 Å². The standard InChI is InChI=1S/C16H17N3O3S2/c1-3-21-9-8-19-12-5-4-11(23-2)10-14(12)24-16(19)18-15(20)13-6-7-17-22-13/h4-7,10H,3,8-9H2,1-2H3. The van der Waals surface area contributed by atoms with Gasteiger partial charge in [-0.3, -0.25) is 4.79 Å². The lowest BCUT2D eigenvalue weighted by Crippen LogP contribution is -2.19. The molecule has 0 bridgehead atoms. The molecule has 0 aliphatic carbocycles. The van der Waals surface area contributed by atoms with E-state index in [4.69, 9.17) is 9.26 Å². The normalized spacial score (nSPS) is 12.2. The molecule has 3 rings (SSSR count). The van der Waals surface area contributed by atoms with Gasteiger partial charge in [-0.1, -0.05) is 16.5 Å². The number of thioether (sulfide) groups is 1. The minimum Gasteiger partial charge on any atom is -0.380 e. The maximum Gasteiger partial charge on any atom is 0.318 e. The van der Waals surface area contributed by atoms with Crippen molar-refractivity contribution in [2.75, 3.05) is 19.5 Å². The van der Waals surface area contributed by atoms with Crippen LogP contribution in [-0.4, -0.2) is 35.1 Å². The van der Waals surface area contributed by atoms with Gasteiger partial charge in [0.15, 0.2) is 4.80 Å². The molecular formula is C16H17N3O3S2.